The molecular formula is C20H16BrN3O4. The van der Waals surface area contributed by atoms with Crippen LogP contribution in [0, 0.1) is 10.1 Å². The fourth-order valence-electron chi connectivity index (χ4n) is 2.73. The van der Waals surface area contributed by atoms with Crippen LogP contribution < -0.4 is 4.74 Å². The molecule has 2 aromatic carbocycles. The maximum atomic E-state index is 12.4. The highest BCUT2D eigenvalue weighted by Gasteiger charge is 2.17. The fourth-order valence-corrected chi connectivity index (χ4v) is 3.06. The summed E-state index contributed by atoms with van der Waals surface area (Å²) in [5.41, 5.74) is 1.50. The second-order valence-corrected chi connectivity index (χ2v) is 6.81. The maximum absolute atomic E-state index is 12.4. The van der Waals surface area contributed by atoms with Crippen LogP contribution >= 0.6 is 15.9 Å². The third-order valence-electron chi connectivity index (χ3n) is 4.03. The molecule has 1 heterocycles. The van der Waals surface area contributed by atoms with E-state index in [0.717, 1.165) is 15.6 Å². The molecule has 0 bridgehead atoms. The molecule has 28 heavy (non-hydrogen) atoms. The van der Waals surface area contributed by atoms with Crippen molar-refractivity contribution in [2.45, 2.75) is 6.54 Å². The van der Waals surface area contributed by atoms with Crippen LogP contribution in [0.25, 0.3) is 6.08 Å². The molecule has 0 fully saturated rings. The van der Waals surface area contributed by atoms with Crippen molar-refractivity contribution in [3.63, 3.8) is 0 Å². The molecule has 0 aliphatic rings. The standard InChI is InChI=1S/C20H16BrN3O4/c1-28-20-9-7-14(10-15(20)12-23-13-16(21)11-22-23)6-8-19(25)17-4-2-3-5-18(17)24(26)27/h2-11,13H,12H2,1H3/b8-6+. The van der Waals surface area contributed by atoms with Crippen molar-refractivity contribution in [1.29, 1.82) is 0 Å². The van der Waals surface area contributed by atoms with Crippen molar-refractivity contribution >= 4 is 33.5 Å². The molecule has 0 unspecified atom stereocenters. The lowest BCUT2D eigenvalue weighted by Crippen LogP contribution is -2.03. The van der Waals surface area contributed by atoms with E-state index in [1.807, 2.05) is 24.4 Å². The fraction of sp³-hybridized carbons (Fsp3) is 0.100. The predicted molar refractivity (Wildman–Crippen MR) is 108 cm³/mol. The van der Waals surface area contributed by atoms with Crippen LogP contribution in [-0.2, 0) is 6.54 Å². The number of carbonyl (C=O) groups excluding carboxylic acids is 1. The van der Waals surface area contributed by atoms with Gasteiger partial charge >= 0.3 is 0 Å². The molecule has 0 aliphatic carbocycles. The van der Waals surface area contributed by atoms with Crippen molar-refractivity contribution in [2.24, 2.45) is 0 Å². The molecule has 7 nitrogen and oxygen atoms in total. The molecule has 0 aliphatic heterocycles. The number of halogens is 1. The van der Waals surface area contributed by atoms with E-state index in [2.05, 4.69) is 21.0 Å². The van der Waals surface area contributed by atoms with Crippen LogP contribution in [-0.4, -0.2) is 27.6 Å². The third-order valence-corrected chi connectivity index (χ3v) is 4.44. The number of hydrogen-bond acceptors (Lipinski definition) is 5. The summed E-state index contributed by atoms with van der Waals surface area (Å²) in [5.74, 6) is 0.273. The average molecular weight is 442 g/mol. The van der Waals surface area contributed by atoms with E-state index < -0.39 is 10.7 Å². The summed E-state index contributed by atoms with van der Waals surface area (Å²) in [6.07, 6.45) is 6.50. The molecule has 0 saturated heterocycles. The van der Waals surface area contributed by atoms with Gasteiger partial charge in [0.2, 0.25) is 0 Å². The second-order valence-electron chi connectivity index (χ2n) is 5.90. The number of methoxy groups -OCH3 is 1. The Morgan fingerprint density at radius 2 is 2.11 bits per heavy atom. The zero-order valence-electron chi connectivity index (χ0n) is 14.9. The number of ether oxygens (including phenoxy) is 1. The van der Waals surface area contributed by atoms with Crippen molar-refractivity contribution in [3.8, 4) is 5.75 Å². The summed E-state index contributed by atoms with van der Waals surface area (Å²) in [4.78, 5) is 22.9. The molecule has 1 aromatic heterocycles. The Labute approximate surface area is 169 Å². The normalized spacial score (nSPS) is 10.9. The van der Waals surface area contributed by atoms with Gasteiger partial charge in [0.25, 0.3) is 5.69 Å². The van der Waals surface area contributed by atoms with Gasteiger partial charge in [-0.15, -0.1) is 0 Å². The number of nitro groups is 1. The minimum atomic E-state index is -0.561. The van der Waals surface area contributed by atoms with Gasteiger partial charge in [-0.25, -0.2) is 0 Å². The second kappa shape index (κ2) is 8.62. The SMILES string of the molecule is COc1ccc(/C=C/C(=O)c2ccccc2[N+](=O)[O-])cc1Cn1cc(Br)cn1. The Hall–Kier alpha value is -3.26. The first-order valence-electron chi connectivity index (χ1n) is 8.28. The summed E-state index contributed by atoms with van der Waals surface area (Å²) >= 11 is 3.36. The monoisotopic (exact) mass is 441 g/mol. The molecule has 0 amide bonds. The molecule has 3 aromatic rings. The number of allylic oxidation sites excluding steroid dienone is 1. The van der Waals surface area contributed by atoms with Gasteiger partial charge in [0.15, 0.2) is 5.78 Å². The van der Waals surface area contributed by atoms with Gasteiger partial charge in [-0.3, -0.25) is 19.6 Å². The van der Waals surface area contributed by atoms with E-state index in [4.69, 9.17) is 4.74 Å². The number of nitrogens with zero attached hydrogens (tertiary/aromatic N) is 3. The summed E-state index contributed by atoms with van der Waals surface area (Å²) < 4.78 is 8.03. The van der Waals surface area contributed by atoms with Crippen molar-refractivity contribution in [1.82, 2.24) is 9.78 Å². The Kier molecular flexibility index (Phi) is 6.00. The number of benzene rings is 2. The molecule has 0 saturated carbocycles. The van der Waals surface area contributed by atoms with Crippen LogP contribution in [0.5, 0.6) is 5.75 Å². The van der Waals surface area contributed by atoms with E-state index in [1.54, 1.807) is 30.1 Å². The number of carbonyl (C=O) groups is 1. The van der Waals surface area contributed by atoms with Crippen LogP contribution in [0.1, 0.15) is 21.5 Å². The van der Waals surface area contributed by atoms with E-state index in [0.29, 0.717) is 12.3 Å². The lowest BCUT2D eigenvalue weighted by Gasteiger charge is -2.09. The molecule has 8 heteroatoms. The summed E-state index contributed by atoms with van der Waals surface area (Å²) in [7, 11) is 1.59. The molecule has 0 spiro atoms. The maximum Gasteiger partial charge on any atom is 0.280 e. The summed E-state index contributed by atoms with van der Waals surface area (Å²) in [5, 5.41) is 15.3. The van der Waals surface area contributed by atoms with Crippen molar-refractivity contribution in [2.75, 3.05) is 7.11 Å². The molecule has 142 valence electrons. The molecule has 0 N–H and O–H groups in total. The van der Waals surface area contributed by atoms with Crippen molar-refractivity contribution in [3.05, 3.63) is 92.2 Å². The first kappa shape index (κ1) is 19.5. The van der Waals surface area contributed by atoms with Gasteiger partial charge < -0.3 is 4.74 Å². The smallest absolute Gasteiger partial charge is 0.280 e. The molecular weight excluding hydrogens is 426 g/mol. The first-order valence-corrected chi connectivity index (χ1v) is 9.08. The number of hydrogen-bond donors (Lipinski definition) is 0. The molecule has 0 radical (unpaired) electrons. The van der Waals surface area contributed by atoms with Crippen LogP contribution in [0.15, 0.2) is 65.4 Å². The quantitative estimate of drug-likeness (QED) is 0.233. The number of ketones is 1. The number of rotatable bonds is 7. The number of para-hydroxylation sites is 1. The van der Waals surface area contributed by atoms with Crippen LogP contribution in [0.2, 0.25) is 0 Å². The third kappa shape index (κ3) is 4.52. The Morgan fingerprint density at radius 3 is 2.79 bits per heavy atom. The van der Waals surface area contributed by atoms with E-state index >= 15 is 0 Å². The van der Waals surface area contributed by atoms with Gasteiger partial charge in [-0.2, -0.15) is 5.10 Å². The lowest BCUT2D eigenvalue weighted by atomic mass is 10.1. The first-order chi connectivity index (χ1) is 13.5. The van der Waals surface area contributed by atoms with Gasteiger partial charge in [-0.1, -0.05) is 24.3 Å². The molecule has 3 rings (SSSR count). The number of nitro benzene ring substituents is 1. The van der Waals surface area contributed by atoms with Gasteiger partial charge in [-0.05, 0) is 45.8 Å². The highest BCUT2D eigenvalue weighted by Crippen LogP contribution is 2.23. The van der Waals surface area contributed by atoms with E-state index in [-0.39, 0.29) is 11.3 Å². The summed E-state index contributed by atoms with van der Waals surface area (Å²) in [6, 6.07) is 11.4. The van der Waals surface area contributed by atoms with Crippen molar-refractivity contribution < 1.29 is 14.5 Å². The van der Waals surface area contributed by atoms with Crippen LogP contribution in [0.3, 0.4) is 0 Å². The Morgan fingerprint density at radius 1 is 1.32 bits per heavy atom. The predicted octanol–water partition coefficient (Wildman–Crippen LogP) is 4.51. The zero-order chi connectivity index (χ0) is 20.1. The average Bonchev–Trinajstić information content (AvgIpc) is 3.10. The minimum absolute atomic E-state index is 0.0545. The number of aromatic nitrogens is 2. The topological polar surface area (TPSA) is 87.3 Å². The van der Waals surface area contributed by atoms with Crippen LogP contribution in [0.4, 0.5) is 5.69 Å². The zero-order valence-corrected chi connectivity index (χ0v) is 16.5. The van der Waals surface area contributed by atoms with E-state index in [9.17, 15) is 14.9 Å². The highest BCUT2D eigenvalue weighted by molar-refractivity contribution is 9.10. The lowest BCUT2D eigenvalue weighted by molar-refractivity contribution is -0.385. The van der Waals surface area contributed by atoms with Gasteiger partial charge in [0.1, 0.15) is 5.75 Å². The van der Waals surface area contributed by atoms with Gasteiger partial charge in [0, 0.05) is 17.8 Å². The van der Waals surface area contributed by atoms with Gasteiger partial charge in [0.05, 0.1) is 34.8 Å². The Bertz CT molecular complexity index is 1060. The minimum Gasteiger partial charge on any atom is -0.496 e. The Balaban J connectivity index is 1.85. The van der Waals surface area contributed by atoms with E-state index in [1.165, 1.54) is 24.3 Å². The highest BCUT2D eigenvalue weighted by atomic mass is 79.9. The molecule has 0 atom stereocenters. The summed E-state index contributed by atoms with van der Waals surface area (Å²) in [6.45, 7) is 0.495. The largest absolute Gasteiger partial charge is 0.496 e.